The first-order chi connectivity index (χ1) is 13.9. The number of ether oxygens (including phenoxy) is 3. The van der Waals surface area contributed by atoms with Gasteiger partial charge >= 0.3 is 0 Å². The molecule has 2 aromatic carbocycles. The van der Waals surface area contributed by atoms with Crippen LogP contribution in [0.4, 0.5) is 4.79 Å². The number of carbonyl (C=O) groups excluding carboxylic acids is 2. The minimum absolute atomic E-state index is 0.195. The van der Waals surface area contributed by atoms with E-state index in [9.17, 15) is 9.59 Å². The molecule has 152 valence electrons. The standard InChI is InChI=1S/C22H23NO5S/c1-14-5-7-17(8-6-14)28-10-9-23-21(24)20(29-22(23)25)13-16-12-19(27-4)18(26-3)11-15(16)2/h5-8,11-13H,9-10H2,1-4H3/b20-13+. The predicted octanol–water partition coefficient (Wildman–Crippen LogP) is 4.44. The average Bonchev–Trinajstić information content (AvgIpc) is 2.98. The van der Waals surface area contributed by atoms with Gasteiger partial charge in [0.25, 0.3) is 11.1 Å². The minimum atomic E-state index is -0.318. The second-order valence-electron chi connectivity index (χ2n) is 6.56. The SMILES string of the molecule is COc1cc(C)c(/C=C2/SC(=O)N(CCOc3ccc(C)cc3)C2=O)cc1OC. The first-order valence-electron chi connectivity index (χ1n) is 9.10. The number of imide groups is 1. The first kappa shape index (κ1) is 20.8. The summed E-state index contributed by atoms with van der Waals surface area (Å²) in [5, 5.41) is -0.299. The molecule has 0 unspecified atom stereocenters. The monoisotopic (exact) mass is 413 g/mol. The highest BCUT2D eigenvalue weighted by Gasteiger charge is 2.35. The molecule has 7 heteroatoms. The van der Waals surface area contributed by atoms with E-state index >= 15 is 0 Å². The van der Waals surface area contributed by atoms with Crippen molar-refractivity contribution in [3.8, 4) is 17.2 Å². The molecule has 0 bridgehead atoms. The number of amides is 2. The van der Waals surface area contributed by atoms with E-state index in [1.807, 2.05) is 44.2 Å². The van der Waals surface area contributed by atoms with Gasteiger partial charge < -0.3 is 14.2 Å². The van der Waals surface area contributed by atoms with Crippen LogP contribution in [-0.2, 0) is 4.79 Å². The molecule has 2 aromatic rings. The fraction of sp³-hybridized carbons (Fsp3) is 0.273. The summed E-state index contributed by atoms with van der Waals surface area (Å²) in [4.78, 5) is 26.6. The number of carbonyl (C=O) groups is 2. The Labute approximate surface area is 174 Å². The fourth-order valence-corrected chi connectivity index (χ4v) is 3.73. The lowest BCUT2D eigenvalue weighted by Crippen LogP contribution is -2.32. The number of aryl methyl sites for hydroxylation is 2. The highest BCUT2D eigenvalue weighted by Crippen LogP contribution is 2.35. The van der Waals surface area contributed by atoms with E-state index in [0.717, 1.165) is 28.5 Å². The van der Waals surface area contributed by atoms with Gasteiger partial charge in [-0.2, -0.15) is 0 Å². The fourth-order valence-electron chi connectivity index (χ4n) is 2.88. The zero-order valence-corrected chi connectivity index (χ0v) is 17.7. The zero-order chi connectivity index (χ0) is 21.0. The molecule has 1 saturated heterocycles. The summed E-state index contributed by atoms with van der Waals surface area (Å²) >= 11 is 0.928. The molecule has 0 spiro atoms. The summed E-state index contributed by atoms with van der Waals surface area (Å²) in [5.41, 5.74) is 2.85. The minimum Gasteiger partial charge on any atom is -0.493 e. The topological polar surface area (TPSA) is 65.1 Å². The third-order valence-electron chi connectivity index (χ3n) is 4.54. The summed E-state index contributed by atoms with van der Waals surface area (Å²) in [6, 6.07) is 11.3. The van der Waals surface area contributed by atoms with Gasteiger partial charge in [-0.1, -0.05) is 17.7 Å². The number of hydrogen-bond acceptors (Lipinski definition) is 6. The van der Waals surface area contributed by atoms with Crippen LogP contribution in [0.2, 0.25) is 0 Å². The molecule has 3 rings (SSSR count). The van der Waals surface area contributed by atoms with Crippen molar-refractivity contribution < 1.29 is 23.8 Å². The lowest BCUT2D eigenvalue weighted by Gasteiger charge is -2.13. The maximum atomic E-state index is 12.7. The van der Waals surface area contributed by atoms with Crippen LogP contribution in [0, 0.1) is 13.8 Å². The molecule has 0 N–H and O–H groups in total. The zero-order valence-electron chi connectivity index (χ0n) is 16.9. The van der Waals surface area contributed by atoms with Gasteiger partial charge in [0.1, 0.15) is 12.4 Å². The van der Waals surface area contributed by atoms with Gasteiger partial charge in [-0.05, 0) is 67.1 Å². The van der Waals surface area contributed by atoms with Crippen LogP contribution in [0.15, 0.2) is 41.3 Å². The van der Waals surface area contributed by atoms with Crippen molar-refractivity contribution in [2.24, 2.45) is 0 Å². The number of hydrogen-bond donors (Lipinski definition) is 0. The molecule has 1 aliphatic rings. The molecule has 2 amide bonds. The highest BCUT2D eigenvalue weighted by molar-refractivity contribution is 8.18. The Kier molecular flexibility index (Phi) is 6.49. The van der Waals surface area contributed by atoms with Gasteiger partial charge in [-0.25, -0.2) is 0 Å². The van der Waals surface area contributed by atoms with E-state index in [4.69, 9.17) is 14.2 Å². The van der Waals surface area contributed by atoms with E-state index in [0.29, 0.717) is 22.2 Å². The Morgan fingerprint density at radius 2 is 1.66 bits per heavy atom. The Morgan fingerprint density at radius 3 is 2.31 bits per heavy atom. The Hall–Kier alpha value is -2.93. The third kappa shape index (κ3) is 4.74. The molecule has 6 nitrogen and oxygen atoms in total. The molecule has 1 fully saturated rings. The molecule has 0 radical (unpaired) electrons. The summed E-state index contributed by atoms with van der Waals surface area (Å²) in [5.74, 6) is 1.57. The van der Waals surface area contributed by atoms with Crippen LogP contribution < -0.4 is 14.2 Å². The van der Waals surface area contributed by atoms with Crippen LogP contribution in [0.25, 0.3) is 6.08 Å². The molecule has 0 atom stereocenters. The van der Waals surface area contributed by atoms with Crippen LogP contribution in [0.3, 0.4) is 0 Å². The van der Waals surface area contributed by atoms with E-state index in [-0.39, 0.29) is 24.3 Å². The van der Waals surface area contributed by atoms with Gasteiger partial charge in [0.15, 0.2) is 11.5 Å². The van der Waals surface area contributed by atoms with Gasteiger partial charge in [0.2, 0.25) is 0 Å². The van der Waals surface area contributed by atoms with E-state index in [2.05, 4.69) is 0 Å². The molecular weight excluding hydrogens is 390 g/mol. The molecule has 1 aliphatic heterocycles. The highest BCUT2D eigenvalue weighted by atomic mass is 32.2. The van der Waals surface area contributed by atoms with Crippen LogP contribution >= 0.6 is 11.8 Å². The van der Waals surface area contributed by atoms with Crippen LogP contribution in [-0.4, -0.2) is 43.4 Å². The Balaban J connectivity index is 1.70. The van der Waals surface area contributed by atoms with E-state index in [1.54, 1.807) is 26.4 Å². The quantitative estimate of drug-likeness (QED) is 0.626. The van der Waals surface area contributed by atoms with E-state index < -0.39 is 0 Å². The maximum Gasteiger partial charge on any atom is 0.293 e. The van der Waals surface area contributed by atoms with Crippen molar-refractivity contribution >= 4 is 29.0 Å². The van der Waals surface area contributed by atoms with Crippen LogP contribution in [0.1, 0.15) is 16.7 Å². The molecule has 1 heterocycles. The van der Waals surface area contributed by atoms with Crippen molar-refractivity contribution in [3.63, 3.8) is 0 Å². The molecular formula is C22H23NO5S. The van der Waals surface area contributed by atoms with Crippen molar-refractivity contribution in [2.45, 2.75) is 13.8 Å². The number of rotatable bonds is 7. The number of thioether (sulfide) groups is 1. The number of benzene rings is 2. The lowest BCUT2D eigenvalue weighted by atomic mass is 10.1. The summed E-state index contributed by atoms with van der Waals surface area (Å²) in [7, 11) is 3.12. The largest absolute Gasteiger partial charge is 0.493 e. The van der Waals surface area contributed by atoms with Crippen molar-refractivity contribution in [1.29, 1.82) is 0 Å². The average molecular weight is 413 g/mol. The summed E-state index contributed by atoms with van der Waals surface area (Å²) in [6.45, 7) is 4.34. The number of nitrogens with zero attached hydrogens (tertiary/aromatic N) is 1. The van der Waals surface area contributed by atoms with Gasteiger partial charge in [0.05, 0.1) is 25.7 Å². The smallest absolute Gasteiger partial charge is 0.293 e. The molecule has 0 aromatic heterocycles. The van der Waals surface area contributed by atoms with Crippen molar-refractivity contribution in [1.82, 2.24) is 4.90 Å². The molecule has 29 heavy (non-hydrogen) atoms. The first-order valence-corrected chi connectivity index (χ1v) is 9.92. The van der Waals surface area contributed by atoms with Crippen molar-refractivity contribution in [2.75, 3.05) is 27.4 Å². The summed E-state index contributed by atoms with van der Waals surface area (Å²) < 4.78 is 16.3. The van der Waals surface area contributed by atoms with Crippen LogP contribution in [0.5, 0.6) is 17.2 Å². The van der Waals surface area contributed by atoms with Gasteiger partial charge in [-0.15, -0.1) is 0 Å². The maximum absolute atomic E-state index is 12.7. The van der Waals surface area contributed by atoms with Crippen molar-refractivity contribution in [3.05, 3.63) is 58.0 Å². The molecule has 0 aliphatic carbocycles. The third-order valence-corrected chi connectivity index (χ3v) is 5.44. The van der Waals surface area contributed by atoms with Gasteiger partial charge in [0, 0.05) is 0 Å². The Bertz CT molecular complexity index is 952. The normalized spacial score (nSPS) is 15.2. The predicted molar refractivity (Wildman–Crippen MR) is 114 cm³/mol. The van der Waals surface area contributed by atoms with Gasteiger partial charge in [-0.3, -0.25) is 14.5 Å². The lowest BCUT2D eigenvalue weighted by molar-refractivity contribution is -0.123. The molecule has 0 saturated carbocycles. The van der Waals surface area contributed by atoms with E-state index in [1.165, 1.54) is 4.90 Å². The second kappa shape index (κ2) is 9.05. The summed E-state index contributed by atoms with van der Waals surface area (Å²) in [6.07, 6.45) is 1.71. The number of methoxy groups -OCH3 is 2. The Morgan fingerprint density at radius 1 is 1.00 bits per heavy atom. The second-order valence-corrected chi connectivity index (χ2v) is 7.55.